The lowest BCUT2D eigenvalue weighted by Crippen LogP contribution is -2.17. The van der Waals surface area contributed by atoms with Gasteiger partial charge in [0, 0.05) is 0 Å². The van der Waals surface area contributed by atoms with Crippen LogP contribution >= 0.6 is 0 Å². The summed E-state index contributed by atoms with van der Waals surface area (Å²) in [4.78, 5) is 10.6. The van der Waals surface area contributed by atoms with Crippen LogP contribution in [0.2, 0.25) is 0 Å². The van der Waals surface area contributed by atoms with Gasteiger partial charge in [0.25, 0.3) is 0 Å². The average Bonchev–Trinajstić information content (AvgIpc) is 1.85. The zero-order valence-corrected chi connectivity index (χ0v) is 6.63. The molecule has 1 rings (SSSR count). The van der Waals surface area contributed by atoms with Crippen molar-refractivity contribution >= 4 is 5.97 Å². The summed E-state index contributed by atoms with van der Waals surface area (Å²) >= 11 is 0. The highest BCUT2D eigenvalue weighted by atomic mass is 16.4. The molecule has 0 spiro atoms. The summed E-state index contributed by atoms with van der Waals surface area (Å²) in [7, 11) is 0. The number of carboxylic acids is 1. The highest BCUT2D eigenvalue weighted by Crippen LogP contribution is 2.27. The number of carboxylic acid groups (broad SMARTS) is 1. The minimum Gasteiger partial charge on any atom is -0.481 e. The second-order valence-electron chi connectivity index (χ2n) is 3.01. The number of aliphatic carboxylic acids is 1. The van der Waals surface area contributed by atoms with Crippen molar-refractivity contribution in [1.82, 2.24) is 0 Å². The summed E-state index contributed by atoms with van der Waals surface area (Å²) in [5, 5.41) is 8.70. The third kappa shape index (κ3) is 1.70. The Morgan fingerprint density at radius 3 is 2.91 bits per heavy atom. The van der Waals surface area contributed by atoms with Gasteiger partial charge in [-0.2, -0.15) is 0 Å². The molecule has 0 aromatic carbocycles. The summed E-state index contributed by atoms with van der Waals surface area (Å²) in [5.41, 5.74) is 2.06. The maximum atomic E-state index is 10.6. The summed E-state index contributed by atoms with van der Waals surface area (Å²) in [6.07, 6.45) is 3.34. The Morgan fingerprint density at radius 2 is 2.45 bits per heavy atom. The van der Waals surface area contributed by atoms with Crippen molar-refractivity contribution in [1.29, 1.82) is 0 Å². The fourth-order valence-electron chi connectivity index (χ4n) is 1.31. The van der Waals surface area contributed by atoms with Gasteiger partial charge < -0.3 is 5.11 Å². The van der Waals surface area contributed by atoms with Crippen LogP contribution in [0.4, 0.5) is 0 Å². The molecule has 11 heavy (non-hydrogen) atoms. The molecule has 0 bridgehead atoms. The van der Waals surface area contributed by atoms with E-state index in [1.165, 1.54) is 5.57 Å². The predicted octanol–water partition coefficient (Wildman–Crippen LogP) is 1.98. The molecule has 0 amide bonds. The maximum absolute atomic E-state index is 10.6. The Bertz CT molecular complexity index is 226. The number of carbonyl (C=O) groups is 1. The molecule has 0 saturated carbocycles. The lowest BCUT2D eigenvalue weighted by atomic mass is 9.86. The Hall–Kier alpha value is -1.05. The molecule has 1 N–H and O–H groups in total. The van der Waals surface area contributed by atoms with E-state index in [1.54, 1.807) is 0 Å². The van der Waals surface area contributed by atoms with Crippen molar-refractivity contribution in [3.63, 3.8) is 0 Å². The van der Waals surface area contributed by atoms with Crippen LogP contribution in [0.3, 0.4) is 0 Å². The van der Waals surface area contributed by atoms with Crippen LogP contribution in [0.15, 0.2) is 23.8 Å². The molecule has 0 fully saturated rings. The standard InChI is InChI=1S/C9H12O2/c1-6-3-4-8(9(10)11)7(2)5-6/h3,8H,2,4-5H2,1H3,(H,10,11)/t8-/m0/s1. The summed E-state index contributed by atoms with van der Waals surface area (Å²) in [5.74, 6) is -1.10. The van der Waals surface area contributed by atoms with Crippen LogP contribution in [0.1, 0.15) is 19.8 Å². The molecule has 0 unspecified atom stereocenters. The molecule has 1 aliphatic carbocycles. The van der Waals surface area contributed by atoms with E-state index in [0.29, 0.717) is 6.42 Å². The van der Waals surface area contributed by atoms with Gasteiger partial charge in [-0.3, -0.25) is 4.79 Å². The third-order valence-corrected chi connectivity index (χ3v) is 2.00. The van der Waals surface area contributed by atoms with Crippen molar-refractivity contribution in [3.05, 3.63) is 23.8 Å². The van der Waals surface area contributed by atoms with Crippen LogP contribution in [0.25, 0.3) is 0 Å². The number of hydrogen-bond donors (Lipinski definition) is 1. The first kappa shape index (κ1) is 8.05. The molecular formula is C9H12O2. The minimum absolute atomic E-state index is 0.348. The molecule has 0 saturated heterocycles. The summed E-state index contributed by atoms with van der Waals surface area (Å²) < 4.78 is 0. The zero-order chi connectivity index (χ0) is 8.43. The van der Waals surface area contributed by atoms with Crippen LogP contribution in [-0.2, 0) is 4.79 Å². The Morgan fingerprint density at radius 1 is 1.82 bits per heavy atom. The van der Waals surface area contributed by atoms with Crippen molar-refractivity contribution in [2.75, 3.05) is 0 Å². The van der Waals surface area contributed by atoms with Gasteiger partial charge in [0.05, 0.1) is 5.92 Å². The van der Waals surface area contributed by atoms with Crippen LogP contribution in [0.5, 0.6) is 0 Å². The van der Waals surface area contributed by atoms with Crippen molar-refractivity contribution in [2.45, 2.75) is 19.8 Å². The second-order valence-corrected chi connectivity index (χ2v) is 3.01. The highest BCUT2D eigenvalue weighted by molar-refractivity contribution is 5.74. The number of hydrogen-bond acceptors (Lipinski definition) is 1. The van der Waals surface area contributed by atoms with Crippen LogP contribution in [0, 0.1) is 5.92 Å². The van der Waals surface area contributed by atoms with E-state index in [1.807, 2.05) is 13.0 Å². The number of rotatable bonds is 1. The van der Waals surface area contributed by atoms with Gasteiger partial charge in [0.2, 0.25) is 0 Å². The first-order valence-electron chi connectivity index (χ1n) is 3.67. The lowest BCUT2D eigenvalue weighted by molar-refractivity contribution is -0.140. The van der Waals surface area contributed by atoms with Gasteiger partial charge in [-0.1, -0.05) is 23.8 Å². The topological polar surface area (TPSA) is 37.3 Å². The van der Waals surface area contributed by atoms with Gasteiger partial charge in [-0.05, 0) is 19.8 Å². The Labute approximate surface area is 66.2 Å². The first-order chi connectivity index (χ1) is 5.11. The van der Waals surface area contributed by atoms with E-state index in [0.717, 1.165) is 12.0 Å². The van der Waals surface area contributed by atoms with E-state index in [2.05, 4.69) is 6.58 Å². The van der Waals surface area contributed by atoms with E-state index in [-0.39, 0.29) is 5.92 Å². The molecule has 2 nitrogen and oxygen atoms in total. The first-order valence-corrected chi connectivity index (χ1v) is 3.67. The van der Waals surface area contributed by atoms with Crippen molar-refractivity contribution in [2.24, 2.45) is 5.92 Å². The molecule has 2 heteroatoms. The molecule has 1 aliphatic rings. The van der Waals surface area contributed by atoms with Crippen molar-refractivity contribution < 1.29 is 9.90 Å². The molecule has 1 atom stereocenters. The molecule has 0 aliphatic heterocycles. The van der Waals surface area contributed by atoms with E-state index in [9.17, 15) is 4.79 Å². The van der Waals surface area contributed by atoms with Crippen molar-refractivity contribution in [3.8, 4) is 0 Å². The van der Waals surface area contributed by atoms with Gasteiger partial charge >= 0.3 is 5.97 Å². The van der Waals surface area contributed by atoms with Crippen LogP contribution < -0.4 is 0 Å². The van der Waals surface area contributed by atoms with Gasteiger partial charge in [0.15, 0.2) is 0 Å². The summed E-state index contributed by atoms with van der Waals surface area (Å²) in [6.45, 7) is 5.75. The average molecular weight is 152 g/mol. The summed E-state index contributed by atoms with van der Waals surface area (Å²) in [6, 6.07) is 0. The Kier molecular flexibility index (Phi) is 2.13. The van der Waals surface area contributed by atoms with E-state index >= 15 is 0 Å². The van der Waals surface area contributed by atoms with Gasteiger partial charge in [-0.15, -0.1) is 0 Å². The fraction of sp³-hybridized carbons (Fsp3) is 0.444. The smallest absolute Gasteiger partial charge is 0.310 e. The molecular weight excluding hydrogens is 140 g/mol. The molecule has 0 aromatic heterocycles. The lowest BCUT2D eigenvalue weighted by Gasteiger charge is -2.18. The minimum atomic E-state index is -0.751. The normalized spacial score (nSPS) is 24.6. The van der Waals surface area contributed by atoms with Gasteiger partial charge in [0.1, 0.15) is 0 Å². The Balaban J connectivity index is 2.74. The van der Waals surface area contributed by atoms with Gasteiger partial charge in [-0.25, -0.2) is 0 Å². The SMILES string of the molecule is C=C1CC(C)=CC[C@@H]1C(=O)O. The third-order valence-electron chi connectivity index (χ3n) is 2.00. The highest BCUT2D eigenvalue weighted by Gasteiger charge is 2.22. The predicted molar refractivity (Wildman–Crippen MR) is 43.3 cm³/mol. The second kappa shape index (κ2) is 2.91. The van der Waals surface area contributed by atoms with E-state index in [4.69, 9.17) is 5.11 Å². The fourth-order valence-corrected chi connectivity index (χ4v) is 1.31. The molecule has 0 radical (unpaired) electrons. The molecule has 60 valence electrons. The maximum Gasteiger partial charge on any atom is 0.310 e. The molecule has 0 aromatic rings. The number of allylic oxidation sites excluding steroid dienone is 2. The quantitative estimate of drug-likeness (QED) is 0.583. The monoisotopic (exact) mass is 152 g/mol. The zero-order valence-electron chi connectivity index (χ0n) is 6.63. The van der Waals surface area contributed by atoms with E-state index < -0.39 is 5.97 Å². The largest absolute Gasteiger partial charge is 0.481 e. The molecule has 0 heterocycles. The van der Waals surface area contributed by atoms with Crippen LogP contribution in [-0.4, -0.2) is 11.1 Å².